The number of ketones is 1. The van der Waals surface area contributed by atoms with Crippen LogP contribution in [-0.4, -0.2) is 46.4 Å². The highest BCUT2D eigenvalue weighted by Crippen LogP contribution is 2.36. The largest absolute Gasteiger partial charge is 0.435 e. The first-order valence-electron chi connectivity index (χ1n) is 11.4. The van der Waals surface area contributed by atoms with Crippen LogP contribution in [0.2, 0.25) is 0 Å². The fourth-order valence-electron chi connectivity index (χ4n) is 4.50. The predicted octanol–water partition coefficient (Wildman–Crippen LogP) is 4.30. The van der Waals surface area contributed by atoms with Crippen molar-refractivity contribution in [3.8, 4) is 11.4 Å². The van der Waals surface area contributed by atoms with E-state index in [1.165, 1.54) is 16.8 Å². The van der Waals surface area contributed by atoms with Crippen molar-refractivity contribution in [2.45, 2.75) is 52.7 Å². The maximum atomic E-state index is 14.7. The van der Waals surface area contributed by atoms with E-state index in [2.05, 4.69) is 9.72 Å². The topological polar surface area (TPSA) is 100 Å². The van der Waals surface area contributed by atoms with Crippen LogP contribution >= 0.6 is 0 Å². The van der Waals surface area contributed by atoms with Crippen molar-refractivity contribution >= 4 is 26.8 Å². The molecule has 1 aromatic carbocycles. The van der Waals surface area contributed by atoms with E-state index in [0.717, 1.165) is 22.8 Å². The molecule has 12 heteroatoms. The zero-order chi connectivity index (χ0) is 26.4. The number of ether oxygens (including phenoxy) is 1. The zero-order valence-electron chi connectivity index (χ0n) is 20.0. The van der Waals surface area contributed by atoms with Crippen LogP contribution in [0.3, 0.4) is 0 Å². The number of nitrogens with zero attached hydrogens (tertiary/aromatic N) is 3. The van der Waals surface area contributed by atoms with Crippen molar-refractivity contribution in [1.29, 1.82) is 0 Å². The Morgan fingerprint density at radius 3 is 2.47 bits per heavy atom. The molecule has 0 radical (unpaired) electrons. The molecule has 0 N–H and O–H groups in total. The molecule has 4 rings (SSSR count). The Morgan fingerprint density at radius 2 is 1.86 bits per heavy atom. The number of alkyl halides is 2. The average Bonchev–Trinajstić information content (AvgIpc) is 3.08. The number of Topliss-reactive ketones (excluding diaryl/α,β-unsaturated/α-hetero) is 1. The van der Waals surface area contributed by atoms with E-state index in [1.807, 2.05) is 6.92 Å². The fraction of sp³-hybridized carbons (Fsp3) is 0.458. The number of imidazole rings is 1. The van der Waals surface area contributed by atoms with Crippen LogP contribution in [-0.2, 0) is 9.84 Å². The number of hydrogen-bond acceptors (Lipinski definition) is 6. The van der Waals surface area contributed by atoms with E-state index >= 15 is 0 Å². The molecule has 0 unspecified atom stereocenters. The SMILES string of the molecule is CC(C)n1c(=O)n(-c2cc(OC(F)F)ccc2F)c2ncc(C(=O)CC3(C)CCS(=O)(=O)CC3)cc21. The lowest BCUT2D eigenvalue weighted by Crippen LogP contribution is -2.33. The van der Waals surface area contributed by atoms with E-state index < -0.39 is 39.4 Å². The number of sulfone groups is 1. The number of fused-ring (bicyclic) bond motifs is 1. The van der Waals surface area contributed by atoms with E-state index in [4.69, 9.17) is 0 Å². The lowest BCUT2D eigenvalue weighted by molar-refractivity contribution is -0.0498. The first-order valence-corrected chi connectivity index (χ1v) is 13.2. The normalized spacial score (nSPS) is 17.1. The summed E-state index contributed by atoms with van der Waals surface area (Å²) in [4.78, 5) is 30.7. The van der Waals surface area contributed by atoms with Crippen molar-refractivity contribution in [3.63, 3.8) is 0 Å². The van der Waals surface area contributed by atoms with E-state index in [-0.39, 0.29) is 51.9 Å². The van der Waals surface area contributed by atoms with Crippen LogP contribution in [0.4, 0.5) is 13.2 Å². The lowest BCUT2D eigenvalue weighted by atomic mass is 9.78. The Kier molecular flexibility index (Phi) is 6.76. The molecular formula is C24H26F3N3O5S. The highest BCUT2D eigenvalue weighted by atomic mass is 32.2. The van der Waals surface area contributed by atoms with Gasteiger partial charge in [-0.15, -0.1) is 0 Å². The van der Waals surface area contributed by atoms with Crippen molar-refractivity contribution in [3.05, 3.63) is 52.3 Å². The number of pyridine rings is 1. The summed E-state index contributed by atoms with van der Waals surface area (Å²) in [6.45, 7) is 2.21. The van der Waals surface area contributed by atoms with E-state index in [9.17, 15) is 31.2 Å². The van der Waals surface area contributed by atoms with Crippen molar-refractivity contribution in [2.75, 3.05) is 11.5 Å². The first kappa shape index (κ1) is 25.9. The Balaban J connectivity index is 1.77. The Bertz CT molecular complexity index is 1480. The molecule has 1 aliphatic heterocycles. The van der Waals surface area contributed by atoms with E-state index in [1.54, 1.807) is 13.8 Å². The average molecular weight is 526 g/mol. The van der Waals surface area contributed by atoms with Gasteiger partial charge in [-0.1, -0.05) is 6.92 Å². The molecule has 8 nitrogen and oxygen atoms in total. The van der Waals surface area contributed by atoms with Gasteiger partial charge in [-0.25, -0.2) is 27.2 Å². The molecule has 1 aliphatic rings. The maximum absolute atomic E-state index is 14.7. The number of benzene rings is 1. The third kappa shape index (κ3) is 5.04. The van der Waals surface area contributed by atoms with Gasteiger partial charge in [0.05, 0.1) is 22.7 Å². The molecule has 0 atom stereocenters. The minimum absolute atomic E-state index is 0.0315. The zero-order valence-corrected chi connectivity index (χ0v) is 20.8. The van der Waals surface area contributed by atoms with Gasteiger partial charge in [0, 0.05) is 30.3 Å². The molecule has 1 fully saturated rings. The second kappa shape index (κ2) is 9.38. The van der Waals surface area contributed by atoms with Gasteiger partial charge in [0.15, 0.2) is 11.4 Å². The van der Waals surface area contributed by atoms with Crippen molar-refractivity contribution < 1.29 is 31.1 Å². The Labute approximate surface area is 205 Å². The van der Waals surface area contributed by atoms with Crippen LogP contribution in [0, 0.1) is 11.2 Å². The predicted molar refractivity (Wildman–Crippen MR) is 127 cm³/mol. The molecule has 2 aromatic heterocycles. The summed E-state index contributed by atoms with van der Waals surface area (Å²) < 4.78 is 70.4. The monoisotopic (exact) mass is 525 g/mol. The van der Waals surface area contributed by atoms with Gasteiger partial charge in [0.2, 0.25) is 0 Å². The van der Waals surface area contributed by atoms with Crippen LogP contribution in [0.25, 0.3) is 16.9 Å². The van der Waals surface area contributed by atoms with Gasteiger partial charge in [0.25, 0.3) is 0 Å². The van der Waals surface area contributed by atoms with Gasteiger partial charge in [0.1, 0.15) is 21.4 Å². The number of halogens is 3. The number of carbonyl (C=O) groups is 1. The van der Waals surface area contributed by atoms with Gasteiger partial charge in [-0.05, 0) is 50.3 Å². The molecule has 36 heavy (non-hydrogen) atoms. The summed E-state index contributed by atoms with van der Waals surface area (Å²) in [6, 6.07) is 4.05. The molecule has 194 valence electrons. The molecule has 0 amide bonds. The second-order valence-corrected chi connectivity index (χ2v) is 12.0. The summed E-state index contributed by atoms with van der Waals surface area (Å²) in [7, 11) is -3.09. The van der Waals surface area contributed by atoms with Gasteiger partial charge in [-0.2, -0.15) is 8.78 Å². The Hall–Kier alpha value is -3.15. The molecule has 0 saturated carbocycles. The standard InChI is InChI=1S/C24H26F3N3O5S/c1-14(2)29-19-10-15(20(31)12-24(3)6-8-36(33,34)9-7-24)13-28-21(19)30(23(29)32)18-11-16(35-22(26)27)4-5-17(18)25/h4-5,10-11,13-14,22H,6-9,12H2,1-3H3. The number of rotatable bonds is 7. The minimum Gasteiger partial charge on any atom is -0.435 e. The highest BCUT2D eigenvalue weighted by Gasteiger charge is 2.35. The molecule has 3 aromatic rings. The van der Waals surface area contributed by atoms with Crippen LogP contribution in [0.1, 0.15) is 56.4 Å². The molecule has 1 saturated heterocycles. The Morgan fingerprint density at radius 1 is 1.19 bits per heavy atom. The summed E-state index contributed by atoms with van der Waals surface area (Å²) in [6.07, 6.45) is 2.15. The second-order valence-electron chi connectivity index (χ2n) is 9.70. The third-order valence-corrected chi connectivity index (χ3v) is 8.21. The number of carbonyl (C=O) groups excluding carboxylic acids is 1. The third-order valence-electron chi connectivity index (χ3n) is 6.56. The van der Waals surface area contributed by atoms with Gasteiger partial charge in [-0.3, -0.25) is 9.36 Å². The summed E-state index contributed by atoms with van der Waals surface area (Å²) in [5.74, 6) is -1.36. The van der Waals surface area contributed by atoms with Crippen LogP contribution in [0.5, 0.6) is 5.75 Å². The van der Waals surface area contributed by atoms with Crippen molar-refractivity contribution in [2.24, 2.45) is 5.41 Å². The smallest absolute Gasteiger partial charge is 0.387 e. The number of aromatic nitrogens is 3. The lowest BCUT2D eigenvalue weighted by Gasteiger charge is -2.32. The van der Waals surface area contributed by atoms with Crippen molar-refractivity contribution in [1.82, 2.24) is 14.1 Å². The number of hydrogen-bond donors (Lipinski definition) is 0. The highest BCUT2D eigenvalue weighted by molar-refractivity contribution is 7.91. The van der Waals surface area contributed by atoms with Gasteiger partial charge < -0.3 is 4.74 Å². The molecule has 0 bridgehead atoms. The fourth-order valence-corrected chi connectivity index (χ4v) is 6.31. The van der Waals surface area contributed by atoms with Crippen LogP contribution in [0.15, 0.2) is 35.3 Å². The summed E-state index contributed by atoms with van der Waals surface area (Å²) in [5, 5.41) is 0. The molecule has 3 heterocycles. The summed E-state index contributed by atoms with van der Waals surface area (Å²) in [5.41, 5.74) is -0.890. The molecule has 0 aliphatic carbocycles. The molecule has 0 spiro atoms. The maximum Gasteiger partial charge on any atom is 0.387 e. The van der Waals surface area contributed by atoms with Gasteiger partial charge >= 0.3 is 12.3 Å². The van der Waals surface area contributed by atoms with E-state index in [0.29, 0.717) is 12.8 Å². The molecular weight excluding hydrogens is 499 g/mol. The quantitative estimate of drug-likeness (QED) is 0.427. The summed E-state index contributed by atoms with van der Waals surface area (Å²) >= 11 is 0. The first-order chi connectivity index (χ1) is 16.8. The van der Waals surface area contributed by atoms with Crippen LogP contribution < -0.4 is 10.4 Å². The minimum atomic E-state index is -3.13.